The van der Waals surface area contributed by atoms with E-state index >= 15 is 0 Å². The number of fused-ring (bicyclic) bond motifs is 2. The fourth-order valence-corrected chi connectivity index (χ4v) is 6.67. The van der Waals surface area contributed by atoms with Crippen LogP contribution < -0.4 is 5.32 Å². The van der Waals surface area contributed by atoms with E-state index in [4.69, 9.17) is 0 Å². The molecule has 1 aromatic rings. The molecule has 1 saturated heterocycles. The minimum atomic E-state index is -3.33. The van der Waals surface area contributed by atoms with Gasteiger partial charge in [-0.3, -0.25) is 4.79 Å². The van der Waals surface area contributed by atoms with E-state index in [-0.39, 0.29) is 17.6 Å². The molecule has 2 saturated carbocycles. The van der Waals surface area contributed by atoms with Crippen LogP contribution in [0.5, 0.6) is 0 Å². The monoisotopic (exact) mass is 390 g/mol. The molecular weight excluding hydrogens is 360 g/mol. The van der Waals surface area contributed by atoms with Crippen LogP contribution >= 0.6 is 0 Å². The topological polar surface area (TPSA) is 66.5 Å². The van der Waals surface area contributed by atoms with Crippen molar-refractivity contribution in [2.75, 3.05) is 13.1 Å². The Morgan fingerprint density at radius 1 is 1.07 bits per heavy atom. The van der Waals surface area contributed by atoms with Crippen molar-refractivity contribution in [1.82, 2.24) is 9.62 Å². The summed E-state index contributed by atoms with van der Waals surface area (Å²) in [7, 11) is -3.33. The molecule has 0 spiro atoms. The first-order valence-corrected chi connectivity index (χ1v) is 11.9. The smallest absolute Gasteiger partial charge is 0.223 e. The van der Waals surface area contributed by atoms with Gasteiger partial charge in [0, 0.05) is 25.0 Å². The van der Waals surface area contributed by atoms with Gasteiger partial charge in [-0.1, -0.05) is 36.2 Å². The highest BCUT2D eigenvalue weighted by Gasteiger charge is 2.41. The maximum Gasteiger partial charge on any atom is 0.223 e. The molecule has 2 aliphatic carbocycles. The predicted octanol–water partition coefficient (Wildman–Crippen LogP) is 2.84. The molecule has 0 unspecified atom stereocenters. The number of aryl methyl sites for hydroxylation is 1. The molecular formula is C21H30N2O3S. The van der Waals surface area contributed by atoms with E-state index in [0.717, 1.165) is 23.5 Å². The summed E-state index contributed by atoms with van der Waals surface area (Å²) in [6, 6.07) is 8.00. The van der Waals surface area contributed by atoms with Gasteiger partial charge in [-0.05, 0) is 56.4 Å². The number of hydrogen-bond donors (Lipinski definition) is 1. The fourth-order valence-electron chi connectivity index (χ4n) is 5.10. The lowest BCUT2D eigenvalue weighted by molar-refractivity contribution is -0.127. The Bertz CT molecular complexity index is 782. The lowest BCUT2D eigenvalue weighted by Crippen LogP contribution is -2.46. The first kappa shape index (κ1) is 18.9. The van der Waals surface area contributed by atoms with Crippen molar-refractivity contribution in [3.63, 3.8) is 0 Å². The van der Waals surface area contributed by atoms with Gasteiger partial charge in [-0.25, -0.2) is 12.7 Å². The van der Waals surface area contributed by atoms with E-state index < -0.39 is 10.0 Å². The Hall–Kier alpha value is -1.40. The summed E-state index contributed by atoms with van der Waals surface area (Å²) in [6.45, 7) is 2.89. The largest absolute Gasteiger partial charge is 0.353 e. The summed E-state index contributed by atoms with van der Waals surface area (Å²) in [5.74, 6) is 1.62. The highest BCUT2D eigenvalue weighted by Crippen LogP contribution is 2.44. The van der Waals surface area contributed by atoms with Gasteiger partial charge in [0.1, 0.15) is 0 Å². The zero-order chi connectivity index (χ0) is 19.0. The molecule has 5 nitrogen and oxygen atoms in total. The summed E-state index contributed by atoms with van der Waals surface area (Å²) in [5.41, 5.74) is 1.94. The van der Waals surface area contributed by atoms with Gasteiger partial charge in [0.05, 0.1) is 5.75 Å². The summed E-state index contributed by atoms with van der Waals surface area (Å²) >= 11 is 0. The molecule has 1 aliphatic heterocycles. The molecule has 1 heterocycles. The quantitative estimate of drug-likeness (QED) is 0.841. The van der Waals surface area contributed by atoms with Crippen LogP contribution in [0, 0.1) is 24.7 Å². The molecule has 1 amide bonds. The maximum absolute atomic E-state index is 12.7. The van der Waals surface area contributed by atoms with Crippen LogP contribution in [0.1, 0.15) is 49.7 Å². The molecule has 0 aromatic heterocycles. The predicted molar refractivity (Wildman–Crippen MR) is 105 cm³/mol. The minimum Gasteiger partial charge on any atom is -0.353 e. The van der Waals surface area contributed by atoms with Crippen molar-refractivity contribution in [2.45, 2.75) is 57.2 Å². The van der Waals surface area contributed by atoms with Crippen molar-refractivity contribution in [1.29, 1.82) is 0 Å². The Labute approximate surface area is 162 Å². The summed E-state index contributed by atoms with van der Waals surface area (Å²) in [5, 5.41) is 3.27. The number of benzene rings is 1. The number of carbonyl (C=O) groups excluding carboxylic acids is 1. The van der Waals surface area contributed by atoms with Crippen LogP contribution in [0.2, 0.25) is 0 Å². The average molecular weight is 391 g/mol. The molecule has 1 N–H and O–H groups in total. The molecule has 148 valence electrons. The first-order valence-electron chi connectivity index (χ1n) is 10.2. The van der Waals surface area contributed by atoms with Gasteiger partial charge < -0.3 is 5.32 Å². The van der Waals surface area contributed by atoms with Crippen molar-refractivity contribution in [2.24, 2.45) is 17.8 Å². The Morgan fingerprint density at radius 3 is 2.37 bits per heavy atom. The molecule has 3 aliphatic rings. The molecule has 27 heavy (non-hydrogen) atoms. The third-order valence-corrected chi connectivity index (χ3v) is 8.60. The molecule has 3 atom stereocenters. The highest BCUT2D eigenvalue weighted by molar-refractivity contribution is 7.88. The number of nitrogens with one attached hydrogen (secondary N) is 1. The SMILES string of the molecule is Cc1ccc(CS(=O)(=O)N2CCC(C(=O)N[C@@H]3C[C@@H]4CC[C@@H]3C4)CC2)cc1. The normalized spacial score (nSPS) is 29.1. The van der Waals surface area contributed by atoms with Gasteiger partial charge >= 0.3 is 0 Å². The number of hydrogen-bond acceptors (Lipinski definition) is 3. The van der Waals surface area contributed by atoms with Crippen LogP contribution in [-0.4, -0.2) is 37.8 Å². The highest BCUT2D eigenvalue weighted by atomic mass is 32.2. The van der Waals surface area contributed by atoms with Crippen molar-refractivity contribution in [3.05, 3.63) is 35.4 Å². The van der Waals surface area contributed by atoms with Crippen LogP contribution in [0.15, 0.2) is 24.3 Å². The second-order valence-electron chi connectivity index (χ2n) is 8.71. The van der Waals surface area contributed by atoms with E-state index in [2.05, 4.69) is 5.32 Å². The summed E-state index contributed by atoms with van der Waals surface area (Å²) in [4.78, 5) is 12.6. The third-order valence-electron chi connectivity index (χ3n) is 6.75. The number of amides is 1. The van der Waals surface area contributed by atoms with Crippen LogP contribution in [0.25, 0.3) is 0 Å². The molecule has 0 radical (unpaired) electrons. The molecule has 2 bridgehead atoms. The van der Waals surface area contributed by atoms with Crippen LogP contribution in [0.4, 0.5) is 0 Å². The minimum absolute atomic E-state index is 0.0370. The van der Waals surface area contributed by atoms with Crippen molar-refractivity contribution < 1.29 is 13.2 Å². The number of carbonyl (C=O) groups is 1. The molecule has 4 rings (SSSR count). The van der Waals surface area contributed by atoms with Gasteiger partial charge in [0.25, 0.3) is 0 Å². The lowest BCUT2D eigenvalue weighted by atomic mass is 9.93. The molecule has 6 heteroatoms. The first-order chi connectivity index (χ1) is 12.9. The van der Waals surface area contributed by atoms with Crippen LogP contribution in [0.3, 0.4) is 0 Å². The standard InChI is InChI=1S/C21H30N2O3S/c1-15-2-4-16(5-3-15)14-27(25,26)23-10-8-18(9-11-23)21(24)22-20-13-17-6-7-19(20)12-17/h2-5,17-20H,6-14H2,1H3,(H,22,24)/t17-,19-,20-/m1/s1. The zero-order valence-electron chi connectivity index (χ0n) is 16.1. The van der Waals surface area contributed by atoms with E-state index in [9.17, 15) is 13.2 Å². The van der Waals surface area contributed by atoms with Crippen molar-refractivity contribution >= 4 is 15.9 Å². The Kier molecular flexibility index (Phi) is 5.30. The third kappa shape index (κ3) is 4.21. The van der Waals surface area contributed by atoms with E-state index in [1.165, 1.54) is 19.3 Å². The number of rotatable bonds is 5. The number of sulfonamides is 1. The van der Waals surface area contributed by atoms with E-state index in [0.29, 0.717) is 37.9 Å². The lowest BCUT2D eigenvalue weighted by Gasteiger charge is -2.32. The Balaban J connectivity index is 1.29. The van der Waals surface area contributed by atoms with Crippen LogP contribution in [-0.2, 0) is 20.6 Å². The van der Waals surface area contributed by atoms with Crippen molar-refractivity contribution in [3.8, 4) is 0 Å². The maximum atomic E-state index is 12.7. The second kappa shape index (κ2) is 7.55. The average Bonchev–Trinajstić information content (AvgIpc) is 3.27. The fraction of sp³-hybridized carbons (Fsp3) is 0.667. The number of piperidine rings is 1. The molecule has 3 fully saturated rings. The van der Waals surface area contributed by atoms with Gasteiger partial charge in [-0.2, -0.15) is 0 Å². The summed E-state index contributed by atoms with van der Waals surface area (Å²) in [6.07, 6.45) is 6.25. The van der Waals surface area contributed by atoms with Gasteiger partial charge in [0.15, 0.2) is 0 Å². The molecule has 1 aromatic carbocycles. The van der Waals surface area contributed by atoms with E-state index in [1.54, 1.807) is 4.31 Å². The van der Waals surface area contributed by atoms with Gasteiger partial charge in [-0.15, -0.1) is 0 Å². The second-order valence-corrected chi connectivity index (χ2v) is 10.7. The zero-order valence-corrected chi connectivity index (χ0v) is 16.9. The Morgan fingerprint density at radius 2 is 1.78 bits per heavy atom. The summed E-state index contributed by atoms with van der Waals surface area (Å²) < 4.78 is 27.0. The number of nitrogens with zero attached hydrogens (tertiary/aromatic N) is 1. The van der Waals surface area contributed by atoms with E-state index in [1.807, 2.05) is 31.2 Å². The van der Waals surface area contributed by atoms with Gasteiger partial charge in [0.2, 0.25) is 15.9 Å².